The van der Waals surface area contributed by atoms with Crippen molar-refractivity contribution in [1.82, 2.24) is 5.01 Å². The number of carbonyl (C=O) groups excluding carboxylic acids is 1. The molecule has 0 aromatic rings. The lowest BCUT2D eigenvalue weighted by molar-refractivity contribution is -0.250. The van der Waals surface area contributed by atoms with E-state index in [9.17, 15) is 14.8 Å². The Morgan fingerprint density at radius 3 is 3.00 bits per heavy atom. The molecular weight excluding hydrogens is 180 g/mol. The molecule has 1 fully saturated rings. The van der Waals surface area contributed by atoms with E-state index in [0.717, 1.165) is 5.01 Å². The van der Waals surface area contributed by atoms with E-state index in [-0.39, 0.29) is 13.2 Å². The zero-order chi connectivity index (χ0) is 9.84. The molecule has 1 heterocycles. The molecule has 0 aromatic carbocycles. The maximum Gasteiger partial charge on any atom is 0.304 e. The molecule has 2 atom stereocenters. The summed E-state index contributed by atoms with van der Waals surface area (Å²) in [6.45, 7) is 1.54. The molecule has 0 unspecified atom stereocenters. The summed E-state index contributed by atoms with van der Waals surface area (Å²) < 4.78 is 9.39. The number of esters is 1. The summed E-state index contributed by atoms with van der Waals surface area (Å²) in [5.41, 5.74) is 0. The monoisotopic (exact) mass is 190 g/mol. The van der Waals surface area contributed by atoms with Crippen molar-refractivity contribution < 1.29 is 19.4 Å². The molecule has 7 heteroatoms. The first-order valence-electron chi connectivity index (χ1n) is 3.72. The maximum absolute atomic E-state index is 10.6. The second-order valence-electron chi connectivity index (χ2n) is 2.51. The Morgan fingerprint density at radius 1 is 1.77 bits per heavy atom. The van der Waals surface area contributed by atoms with Crippen LogP contribution in [-0.4, -0.2) is 41.8 Å². The largest absolute Gasteiger partial charge is 0.435 e. The standard InChI is InChI=1S/C6H10N2O5/c1-4(9)13-5-6(10)12-3-2-8(5)7-11/h5-6,10H,2-3H2,1H3/t5-,6+/m1/s1. The normalized spacial score (nSPS) is 28.3. The molecule has 1 aliphatic heterocycles. The van der Waals surface area contributed by atoms with Crippen LogP contribution >= 0.6 is 0 Å². The van der Waals surface area contributed by atoms with Gasteiger partial charge in [-0.25, -0.2) is 5.01 Å². The van der Waals surface area contributed by atoms with Gasteiger partial charge in [0.15, 0.2) is 0 Å². The van der Waals surface area contributed by atoms with E-state index in [2.05, 4.69) is 10.0 Å². The maximum atomic E-state index is 10.6. The first kappa shape index (κ1) is 9.87. The van der Waals surface area contributed by atoms with Crippen LogP contribution in [0.5, 0.6) is 0 Å². The van der Waals surface area contributed by atoms with Crippen molar-refractivity contribution in [2.24, 2.45) is 5.29 Å². The number of nitroso groups, excluding NO2 is 1. The van der Waals surface area contributed by atoms with Crippen molar-refractivity contribution >= 4 is 5.97 Å². The smallest absolute Gasteiger partial charge is 0.304 e. The molecule has 0 spiro atoms. The van der Waals surface area contributed by atoms with Crippen LogP contribution in [0.1, 0.15) is 6.92 Å². The fourth-order valence-electron chi connectivity index (χ4n) is 1.00. The molecule has 1 rings (SSSR count). The Bertz CT molecular complexity index is 209. The Labute approximate surface area is 74.2 Å². The van der Waals surface area contributed by atoms with Crippen LogP contribution in [0.2, 0.25) is 0 Å². The van der Waals surface area contributed by atoms with Gasteiger partial charge in [-0.1, -0.05) is 0 Å². The van der Waals surface area contributed by atoms with Gasteiger partial charge < -0.3 is 14.6 Å². The number of hydrogen-bond donors (Lipinski definition) is 1. The van der Waals surface area contributed by atoms with E-state index in [1.54, 1.807) is 0 Å². The van der Waals surface area contributed by atoms with Crippen LogP contribution in [0.3, 0.4) is 0 Å². The molecular formula is C6H10N2O5. The molecule has 0 radical (unpaired) electrons. The SMILES string of the molecule is CC(=O)O[C@@H]1[C@@H](O)OCCN1N=O. The minimum atomic E-state index is -1.32. The fraction of sp³-hybridized carbons (Fsp3) is 0.833. The van der Waals surface area contributed by atoms with E-state index in [1.165, 1.54) is 6.92 Å². The molecule has 0 bridgehead atoms. The third kappa shape index (κ3) is 2.36. The Morgan fingerprint density at radius 2 is 2.46 bits per heavy atom. The number of nitrogens with zero attached hydrogens (tertiary/aromatic N) is 2. The molecule has 1 aliphatic rings. The number of morpholine rings is 1. The third-order valence-electron chi connectivity index (χ3n) is 1.54. The molecule has 1 saturated heterocycles. The van der Waals surface area contributed by atoms with Crippen LogP contribution in [0.4, 0.5) is 0 Å². The number of ether oxygens (including phenoxy) is 2. The van der Waals surface area contributed by atoms with Crippen LogP contribution in [0, 0.1) is 4.91 Å². The molecule has 0 aliphatic carbocycles. The zero-order valence-corrected chi connectivity index (χ0v) is 7.04. The van der Waals surface area contributed by atoms with Gasteiger partial charge in [-0.3, -0.25) is 4.79 Å². The van der Waals surface area contributed by atoms with Gasteiger partial charge in [0, 0.05) is 6.92 Å². The fourth-order valence-corrected chi connectivity index (χ4v) is 1.00. The van der Waals surface area contributed by atoms with Crippen LogP contribution in [0.15, 0.2) is 5.29 Å². The van der Waals surface area contributed by atoms with Crippen molar-refractivity contribution in [3.8, 4) is 0 Å². The van der Waals surface area contributed by atoms with Crippen molar-refractivity contribution in [3.63, 3.8) is 0 Å². The van der Waals surface area contributed by atoms with Gasteiger partial charge in [-0.05, 0) is 0 Å². The second kappa shape index (κ2) is 4.15. The third-order valence-corrected chi connectivity index (χ3v) is 1.54. The Kier molecular flexibility index (Phi) is 3.15. The topological polar surface area (TPSA) is 88.4 Å². The van der Waals surface area contributed by atoms with Crippen LogP contribution in [-0.2, 0) is 14.3 Å². The van der Waals surface area contributed by atoms with Crippen molar-refractivity contribution in [2.45, 2.75) is 19.4 Å². The summed E-state index contributed by atoms with van der Waals surface area (Å²) >= 11 is 0. The van der Waals surface area contributed by atoms with Gasteiger partial charge in [-0.2, -0.15) is 0 Å². The highest BCUT2D eigenvalue weighted by atomic mass is 16.7. The number of hydrogen-bond acceptors (Lipinski definition) is 6. The number of aliphatic hydroxyl groups excluding tert-OH is 1. The number of rotatable bonds is 2. The van der Waals surface area contributed by atoms with Gasteiger partial charge >= 0.3 is 5.97 Å². The van der Waals surface area contributed by atoms with Crippen molar-refractivity contribution in [2.75, 3.05) is 13.2 Å². The lowest BCUT2D eigenvalue weighted by atomic mass is 10.4. The van der Waals surface area contributed by atoms with Gasteiger partial charge in [-0.15, -0.1) is 4.91 Å². The summed E-state index contributed by atoms with van der Waals surface area (Å²) in [4.78, 5) is 20.8. The molecule has 0 amide bonds. The van der Waals surface area contributed by atoms with E-state index in [0.29, 0.717) is 0 Å². The van der Waals surface area contributed by atoms with Gasteiger partial charge in [0.2, 0.25) is 12.5 Å². The predicted molar refractivity (Wildman–Crippen MR) is 40.0 cm³/mol. The predicted octanol–water partition coefficient (Wildman–Crippen LogP) is -0.792. The van der Waals surface area contributed by atoms with Gasteiger partial charge in [0.1, 0.15) is 0 Å². The quantitative estimate of drug-likeness (QED) is 0.453. The summed E-state index contributed by atoms with van der Waals surface area (Å²) in [5.74, 6) is -0.608. The van der Waals surface area contributed by atoms with Gasteiger partial charge in [0.25, 0.3) is 0 Å². The Balaban J connectivity index is 2.61. The highest BCUT2D eigenvalue weighted by Crippen LogP contribution is 2.13. The molecule has 1 N–H and O–H groups in total. The van der Waals surface area contributed by atoms with Crippen molar-refractivity contribution in [3.05, 3.63) is 4.91 Å². The molecule has 13 heavy (non-hydrogen) atoms. The molecule has 0 aromatic heterocycles. The van der Waals surface area contributed by atoms with E-state index >= 15 is 0 Å². The highest BCUT2D eigenvalue weighted by molar-refractivity contribution is 5.66. The van der Waals surface area contributed by atoms with E-state index in [4.69, 9.17) is 4.74 Å². The zero-order valence-electron chi connectivity index (χ0n) is 7.04. The lowest BCUT2D eigenvalue weighted by Gasteiger charge is -2.33. The number of aliphatic hydroxyl groups is 1. The van der Waals surface area contributed by atoms with Crippen molar-refractivity contribution in [1.29, 1.82) is 0 Å². The minimum absolute atomic E-state index is 0.171. The average molecular weight is 190 g/mol. The first-order valence-corrected chi connectivity index (χ1v) is 3.72. The lowest BCUT2D eigenvalue weighted by Crippen LogP contribution is -2.50. The highest BCUT2D eigenvalue weighted by Gasteiger charge is 2.33. The minimum Gasteiger partial charge on any atom is -0.435 e. The Hall–Kier alpha value is -1.21. The van der Waals surface area contributed by atoms with Gasteiger partial charge in [0.05, 0.1) is 18.4 Å². The summed E-state index contributed by atoms with van der Waals surface area (Å²) in [6.07, 6.45) is -2.46. The molecule has 0 saturated carbocycles. The second-order valence-corrected chi connectivity index (χ2v) is 2.51. The van der Waals surface area contributed by atoms with E-state index in [1.807, 2.05) is 0 Å². The first-order chi connectivity index (χ1) is 6.15. The summed E-state index contributed by atoms with van der Waals surface area (Å²) in [7, 11) is 0. The number of carbonyl (C=O) groups is 1. The molecule has 7 nitrogen and oxygen atoms in total. The van der Waals surface area contributed by atoms with Crippen LogP contribution in [0.25, 0.3) is 0 Å². The summed E-state index contributed by atoms with van der Waals surface area (Å²) in [6, 6.07) is 0. The average Bonchev–Trinajstić information content (AvgIpc) is 2.08. The summed E-state index contributed by atoms with van der Waals surface area (Å²) in [5, 5.41) is 12.7. The van der Waals surface area contributed by atoms with E-state index < -0.39 is 18.5 Å². The molecule has 74 valence electrons. The van der Waals surface area contributed by atoms with Crippen LogP contribution < -0.4 is 0 Å².